The van der Waals surface area contributed by atoms with Gasteiger partial charge < -0.3 is 10.6 Å². The van der Waals surface area contributed by atoms with Gasteiger partial charge >= 0.3 is 0 Å². The van der Waals surface area contributed by atoms with Crippen LogP contribution in [0.2, 0.25) is 0 Å². The molecule has 26 heavy (non-hydrogen) atoms. The molecule has 0 fully saturated rings. The van der Waals surface area contributed by atoms with Gasteiger partial charge in [0.15, 0.2) is 11.8 Å². The Bertz CT molecular complexity index is 860. The lowest BCUT2D eigenvalue weighted by Crippen LogP contribution is -2.36. The highest BCUT2D eigenvalue weighted by molar-refractivity contribution is 5.79. The van der Waals surface area contributed by atoms with E-state index < -0.39 is 0 Å². The molecular weight excluding hydrogens is 331 g/mol. The number of nitrogens with one attached hydrogen (secondary N) is 3. The van der Waals surface area contributed by atoms with E-state index in [9.17, 15) is 4.39 Å². The number of aliphatic imine (C=N–C) groups is 1. The zero-order chi connectivity index (χ0) is 18.2. The van der Waals surface area contributed by atoms with Gasteiger partial charge in [-0.15, -0.1) is 0 Å². The van der Waals surface area contributed by atoms with Crippen LogP contribution in [-0.2, 0) is 13.1 Å². The van der Waals surface area contributed by atoms with E-state index in [1.807, 2.05) is 37.3 Å². The number of halogens is 1. The summed E-state index contributed by atoms with van der Waals surface area (Å²) in [6.45, 7) is 3.76. The lowest BCUT2D eigenvalue weighted by molar-refractivity contribution is 0.625. The number of hydrogen-bond donors (Lipinski definition) is 3. The number of aromatic amines is 1. The summed E-state index contributed by atoms with van der Waals surface area (Å²) in [6.07, 6.45) is 1.49. The van der Waals surface area contributed by atoms with Crippen molar-refractivity contribution >= 4 is 5.96 Å². The molecule has 0 unspecified atom stereocenters. The molecule has 1 heterocycles. The fraction of sp³-hybridized carbons (Fsp3) is 0.211. The molecule has 0 saturated carbocycles. The summed E-state index contributed by atoms with van der Waals surface area (Å²) in [5.41, 5.74) is 2.90. The average molecular weight is 352 g/mol. The van der Waals surface area contributed by atoms with Crippen LogP contribution in [0.1, 0.15) is 18.1 Å². The first kappa shape index (κ1) is 17.6. The third-order valence-electron chi connectivity index (χ3n) is 3.73. The minimum absolute atomic E-state index is 0.250. The van der Waals surface area contributed by atoms with E-state index in [4.69, 9.17) is 0 Å². The minimum Gasteiger partial charge on any atom is -0.357 e. The Morgan fingerprint density at radius 1 is 1.12 bits per heavy atom. The molecule has 6 nitrogen and oxygen atoms in total. The predicted octanol–water partition coefficient (Wildman–Crippen LogP) is 2.87. The molecule has 2 aromatic carbocycles. The van der Waals surface area contributed by atoms with Crippen molar-refractivity contribution < 1.29 is 4.39 Å². The van der Waals surface area contributed by atoms with Crippen LogP contribution >= 0.6 is 0 Å². The molecule has 0 radical (unpaired) electrons. The van der Waals surface area contributed by atoms with Crippen molar-refractivity contribution in [2.75, 3.05) is 6.54 Å². The average Bonchev–Trinajstić information content (AvgIpc) is 3.19. The molecule has 0 bridgehead atoms. The van der Waals surface area contributed by atoms with Crippen LogP contribution < -0.4 is 10.6 Å². The Hall–Kier alpha value is -3.22. The number of aromatic nitrogens is 3. The Morgan fingerprint density at radius 2 is 1.96 bits per heavy atom. The quantitative estimate of drug-likeness (QED) is 0.471. The highest BCUT2D eigenvalue weighted by Gasteiger charge is 2.03. The molecule has 1 aromatic heterocycles. The van der Waals surface area contributed by atoms with E-state index in [-0.39, 0.29) is 5.82 Å². The molecule has 134 valence electrons. The molecule has 0 aliphatic heterocycles. The van der Waals surface area contributed by atoms with Gasteiger partial charge in [-0.1, -0.05) is 30.3 Å². The van der Waals surface area contributed by atoms with Gasteiger partial charge in [0.05, 0.1) is 6.54 Å². The summed E-state index contributed by atoms with van der Waals surface area (Å²) in [7, 11) is 0. The predicted molar refractivity (Wildman–Crippen MR) is 99.9 cm³/mol. The number of guanidine groups is 1. The summed E-state index contributed by atoms with van der Waals surface area (Å²) in [6, 6.07) is 14.5. The van der Waals surface area contributed by atoms with Crippen molar-refractivity contribution in [1.29, 1.82) is 0 Å². The normalized spacial score (nSPS) is 11.4. The number of nitrogens with zero attached hydrogens (tertiary/aromatic N) is 3. The Balaban J connectivity index is 1.65. The number of H-pyrrole nitrogens is 1. The molecule has 0 aliphatic rings. The van der Waals surface area contributed by atoms with Gasteiger partial charge in [-0.2, -0.15) is 5.10 Å². The summed E-state index contributed by atoms with van der Waals surface area (Å²) in [4.78, 5) is 8.68. The van der Waals surface area contributed by atoms with Crippen LogP contribution in [0.4, 0.5) is 4.39 Å². The van der Waals surface area contributed by atoms with Gasteiger partial charge in [0, 0.05) is 18.7 Å². The van der Waals surface area contributed by atoms with Gasteiger partial charge in [-0.3, -0.25) is 5.10 Å². The lowest BCUT2D eigenvalue weighted by atomic mass is 10.1. The Kier molecular flexibility index (Phi) is 5.92. The van der Waals surface area contributed by atoms with Crippen LogP contribution in [0, 0.1) is 5.82 Å². The zero-order valence-electron chi connectivity index (χ0n) is 14.5. The van der Waals surface area contributed by atoms with Crippen LogP contribution in [0.5, 0.6) is 0 Å². The molecule has 0 aliphatic carbocycles. The smallest absolute Gasteiger partial charge is 0.191 e. The van der Waals surface area contributed by atoms with Gasteiger partial charge in [0.2, 0.25) is 0 Å². The first-order chi connectivity index (χ1) is 12.7. The maximum Gasteiger partial charge on any atom is 0.191 e. The van der Waals surface area contributed by atoms with Crippen LogP contribution in [0.15, 0.2) is 59.9 Å². The molecular formula is C19H21FN6. The second-order valence-corrected chi connectivity index (χ2v) is 5.71. The van der Waals surface area contributed by atoms with E-state index in [1.54, 1.807) is 6.07 Å². The third-order valence-corrected chi connectivity index (χ3v) is 3.73. The number of rotatable bonds is 6. The molecule has 0 amide bonds. The molecule has 3 N–H and O–H groups in total. The van der Waals surface area contributed by atoms with Gasteiger partial charge in [-0.05, 0) is 36.2 Å². The van der Waals surface area contributed by atoms with Crippen molar-refractivity contribution in [3.63, 3.8) is 0 Å². The fourth-order valence-corrected chi connectivity index (χ4v) is 2.51. The van der Waals surface area contributed by atoms with Crippen molar-refractivity contribution in [3.05, 3.63) is 71.8 Å². The summed E-state index contributed by atoms with van der Waals surface area (Å²) in [5.74, 6) is 1.17. The molecule has 0 atom stereocenters. The Morgan fingerprint density at radius 3 is 2.73 bits per heavy atom. The minimum atomic E-state index is -0.250. The number of benzene rings is 2. The molecule has 7 heteroatoms. The maximum atomic E-state index is 13.3. The fourth-order valence-electron chi connectivity index (χ4n) is 2.51. The molecule has 0 spiro atoms. The molecule has 0 saturated heterocycles. The summed E-state index contributed by atoms with van der Waals surface area (Å²) < 4.78 is 13.3. The second kappa shape index (κ2) is 8.75. The highest BCUT2D eigenvalue weighted by Crippen LogP contribution is 2.15. The zero-order valence-corrected chi connectivity index (χ0v) is 14.5. The van der Waals surface area contributed by atoms with Gasteiger partial charge in [-0.25, -0.2) is 14.4 Å². The largest absolute Gasteiger partial charge is 0.357 e. The van der Waals surface area contributed by atoms with Crippen LogP contribution in [0.3, 0.4) is 0 Å². The first-order valence-corrected chi connectivity index (χ1v) is 8.46. The van der Waals surface area contributed by atoms with E-state index in [2.05, 4.69) is 30.8 Å². The third kappa shape index (κ3) is 4.89. The van der Waals surface area contributed by atoms with Gasteiger partial charge in [0.25, 0.3) is 0 Å². The monoisotopic (exact) mass is 352 g/mol. The van der Waals surface area contributed by atoms with Crippen LogP contribution in [0.25, 0.3) is 11.4 Å². The summed E-state index contributed by atoms with van der Waals surface area (Å²) in [5, 5.41) is 13.2. The van der Waals surface area contributed by atoms with E-state index in [0.717, 1.165) is 29.1 Å². The van der Waals surface area contributed by atoms with E-state index >= 15 is 0 Å². The molecule has 3 rings (SSSR count). The highest BCUT2D eigenvalue weighted by atomic mass is 19.1. The molecule has 3 aromatic rings. The SMILES string of the molecule is CCNC(=NCc1cccc(F)c1)NCc1cccc(-c2ncn[nH]2)c1. The van der Waals surface area contributed by atoms with Crippen molar-refractivity contribution in [2.45, 2.75) is 20.0 Å². The standard InChI is InChI=1S/C19H21FN6/c1-2-21-19(23-12-15-6-4-8-17(20)10-15)22-11-14-5-3-7-16(9-14)18-24-13-25-26-18/h3-10,13H,2,11-12H2,1H3,(H2,21,22,23)(H,24,25,26). The van der Waals surface area contributed by atoms with Crippen molar-refractivity contribution in [3.8, 4) is 11.4 Å². The first-order valence-electron chi connectivity index (χ1n) is 8.46. The van der Waals surface area contributed by atoms with Crippen molar-refractivity contribution in [2.24, 2.45) is 4.99 Å². The van der Waals surface area contributed by atoms with E-state index in [1.165, 1.54) is 18.5 Å². The van der Waals surface area contributed by atoms with Gasteiger partial charge in [0.1, 0.15) is 12.1 Å². The number of hydrogen-bond acceptors (Lipinski definition) is 3. The van der Waals surface area contributed by atoms with Crippen LogP contribution in [-0.4, -0.2) is 27.7 Å². The Labute approximate surface area is 151 Å². The lowest BCUT2D eigenvalue weighted by Gasteiger charge is -2.12. The maximum absolute atomic E-state index is 13.3. The van der Waals surface area contributed by atoms with E-state index in [0.29, 0.717) is 19.0 Å². The summed E-state index contributed by atoms with van der Waals surface area (Å²) >= 11 is 0. The van der Waals surface area contributed by atoms with Crippen molar-refractivity contribution in [1.82, 2.24) is 25.8 Å². The second-order valence-electron chi connectivity index (χ2n) is 5.71. The topological polar surface area (TPSA) is 78.0 Å².